The van der Waals surface area contributed by atoms with Gasteiger partial charge < -0.3 is 14.6 Å². The first-order valence-corrected chi connectivity index (χ1v) is 6.21. The first-order valence-electron chi connectivity index (χ1n) is 5.84. The maximum Gasteiger partial charge on any atom is 0.339 e. The Labute approximate surface area is 125 Å². The second-order valence-corrected chi connectivity index (χ2v) is 4.46. The van der Waals surface area contributed by atoms with Gasteiger partial charge in [0.1, 0.15) is 28.9 Å². The predicted molar refractivity (Wildman–Crippen MR) is 76.2 cm³/mol. The van der Waals surface area contributed by atoms with Crippen molar-refractivity contribution < 1.29 is 19.4 Å². The van der Waals surface area contributed by atoms with Gasteiger partial charge in [-0.15, -0.1) is 0 Å². The SMILES string of the molecule is COc1ccc(C#N)c(Oc2cc(Cl)ccc2C(=O)O)c1. The molecule has 5 nitrogen and oxygen atoms in total. The van der Waals surface area contributed by atoms with Crippen molar-refractivity contribution in [2.24, 2.45) is 0 Å². The van der Waals surface area contributed by atoms with Crippen LogP contribution in [0.2, 0.25) is 5.02 Å². The number of ether oxygens (including phenoxy) is 2. The molecule has 0 bridgehead atoms. The van der Waals surface area contributed by atoms with Crippen LogP contribution in [0.1, 0.15) is 15.9 Å². The van der Waals surface area contributed by atoms with E-state index in [-0.39, 0.29) is 22.6 Å². The zero-order chi connectivity index (χ0) is 15.4. The summed E-state index contributed by atoms with van der Waals surface area (Å²) in [6.07, 6.45) is 0. The molecule has 2 aromatic rings. The molecule has 0 atom stereocenters. The second kappa shape index (κ2) is 6.16. The topological polar surface area (TPSA) is 79.5 Å². The number of methoxy groups -OCH3 is 1. The average molecular weight is 304 g/mol. The molecule has 6 heteroatoms. The van der Waals surface area contributed by atoms with Crippen LogP contribution >= 0.6 is 11.6 Å². The van der Waals surface area contributed by atoms with Crippen LogP contribution in [0.3, 0.4) is 0 Å². The van der Waals surface area contributed by atoms with E-state index in [9.17, 15) is 4.79 Å². The molecule has 0 radical (unpaired) electrons. The first kappa shape index (κ1) is 14.7. The third-order valence-corrected chi connectivity index (χ3v) is 2.94. The molecule has 2 rings (SSSR count). The number of benzene rings is 2. The third-order valence-electron chi connectivity index (χ3n) is 2.70. The highest BCUT2D eigenvalue weighted by Crippen LogP contribution is 2.32. The fourth-order valence-electron chi connectivity index (χ4n) is 1.68. The van der Waals surface area contributed by atoms with E-state index in [0.29, 0.717) is 10.8 Å². The van der Waals surface area contributed by atoms with E-state index < -0.39 is 5.97 Å². The molecule has 21 heavy (non-hydrogen) atoms. The molecule has 0 unspecified atom stereocenters. The maximum atomic E-state index is 11.2. The van der Waals surface area contributed by atoms with Crippen molar-refractivity contribution in [1.29, 1.82) is 5.26 Å². The molecule has 0 aliphatic rings. The fraction of sp³-hybridized carbons (Fsp3) is 0.0667. The summed E-state index contributed by atoms with van der Waals surface area (Å²) < 4.78 is 10.6. The first-order chi connectivity index (χ1) is 10.0. The Morgan fingerprint density at radius 1 is 1.24 bits per heavy atom. The lowest BCUT2D eigenvalue weighted by Gasteiger charge is -2.11. The second-order valence-electron chi connectivity index (χ2n) is 4.02. The highest BCUT2D eigenvalue weighted by molar-refractivity contribution is 6.30. The lowest BCUT2D eigenvalue weighted by molar-refractivity contribution is 0.0694. The number of hydrogen-bond donors (Lipinski definition) is 1. The fourth-order valence-corrected chi connectivity index (χ4v) is 1.84. The van der Waals surface area contributed by atoms with Gasteiger partial charge in [0.25, 0.3) is 0 Å². The Hall–Kier alpha value is -2.71. The van der Waals surface area contributed by atoms with Crippen molar-refractivity contribution >= 4 is 17.6 Å². The van der Waals surface area contributed by atoms with Crippen molar-refractivity contribution in [3.8, 4) is 23.3 Å². The Balaban J connectivity index is 2.49. The molecular weight excluding hydrogens is 294 g/mol. The summed E-state index contributed by atoms with van der Waals surface area (Å²) in [6, 6.07) is 10.8. The van der Waals surface area contributed by atoms with Gasteiger partial charge in [-0.2, -0.15) is 5.26 Å². The highest BCUT2D eigenvalue weighted by Gasteiger charge is 2.15. The Bertz CT molecular complexity index is 737. The monoisotopic (exact) mass is 303 g/mol. The smallest absolute Gasteiger partial charge is 0.339 e. The molecule has 0 saturated carbocycles. The van der Waals surface area contributed by atoms with Gasteiger partial charge in [0, 0.05) is 17.2 Å². The van der Waals surface area contributed by atoms with E-state index in [2.05, 4.69) is 0 Å². The average Bonchev–Trinajstić information content (AvgIpc) is 2.47. The van der Waals surface area contributed by atoms with E-state index >= 15 is 0 Å². The number of nitriles is 1. The zero-order valence-electron chi connectivity index (χ0n) is 11.0. The van der Waals surface area contributed by atoms with E-state index in [4.69, 9.17) is 31.4 Å². The van der Waals surface area contributed by atoms with Crippen LogP contribution in [0.4, 0.5) is 0 Å². The van der Waals surface area contributed by atoms with Crippen molar-refractivity contribution in [3.63, 3.8) is 0 Å². The summed E-state index contributed by atoms with van der Waals surface area (Å²) in [5, 5.41) is 18.6. The molecule has 106 valence electrons. The number of nitrogens with zero attached hydrogens (tertiary/aromatic N) is 1. The standard InChI is InChI=1S/C15H10ClNO4/c1-20-11-4-2-9(8-17)13(7-11)21-14-6-10(16)3-5-12(14)15(18)19/h2-7H,1H3,(H,18,19). The molecule has 0 amide bonds. The van der Waals surface area contributed by atoms with Crippen LogP contribution in [-0.4, -0.2) is 18.2 Å². The molecule has 0 aromatic heterocycles. The van der Waals surface area contributed by atoms with Gasteiger partial charge in [-0.1, -0.05) is 11.6 Å². The van der Waals surface area contributed by atoms with E-state index in [1.54, 1.807) is 6.07 Å². The highest BCUT2D eigenvalue weighted by atomic mass is 35.5. The van der Waals surface area contributed by atoms with Crippen LogP contribution in [0.15, 0.2) is 36.4 Å². The summed E-state index contributed by atoms with van der Waals surface area (Å²) in [4.78, 5) is 11.2. The van der Waals surface area contributed by atoms with Gasteiger partial charge in [-0.25, -0.2) is 4.79 Å². The van der Waals surface area contributed by atoms with Crippen LogP contribution in [0, 0.1) is 11.3 Å². The maximum absolute atomic E-state index is 11.2. The van der Waals surface area contributed by atoms with Crippen molar-refractivity contribution in [2.45, 2.75) is 0 Å². The summed E-state index contributed by atoms with van der Waals surface area (Å²) in [6.45, 7) is 0. The summed E-state index contributed by atoms with van der Waals surface area (Å²) in [5.41, 5.74) is 0.207. The zero-order valence-corrected chi connectivity index (χ0v) is 11.7. The summed E-state index contributed by atoms with van der Waals surface area (Å²) in [7, 11) is 1.48. The van der Waals surface area contributed by atoms with Crippen LogP contribution in [0.25, 0.3) is 0 Å². The van der Waals surface area contributed by atoms with E-state index in [1.807, 2.05) is 6.07 Å². The normalized spacial score (nSPS) is 9.76. The Kier molecular flexibility index (Phi) is 4.31. The minimum Gasteiger partial charge on any atom is -0.497 e. The summed E-state index contributed by atoms with van der Waals surface area (Å²) >= 11 is 5.86. The van der Waals surface area contributed by atoms with Crippen LogP contribution < -0.4 is 9.47 Å². The molecule has 0 spiro atoms. The largest absolute Gasteiger partial charge is 0.497 e. The molecule has 0 saturated heterocycles. The van der Waals surface area contributed by atoms with E-state index in [1.165, 1.54) is 37.4 Å². The van der Waals surface area contributed by atoms with Crippen LogP contribution in [0.5, 0.6) is 17.2 Å². The van der Waals surface area contributed by atoms with Crippen molar-refractivity contribution in [3.05, 3.63) is 52.5 Å². The quantitative estimate of drug-likeness (QED) is 0.931. The Morgan fingerprint density at radius 3 is 2.62 bits per heavy atom. The molecule has 1 N–H and O–H groups in total. The molecule has 0 aliphatic heterocycles. The van der Waals surface area contributed by atoms with Crippen molar-refractivity contribution in [1.82, 2.24) is 0 Å². The number of carbonyl (C=O) groups is 1. The van der Waals surface area contributed by atoms with Gasteiger partial charge in [-0.3, -0.25) is 0 Å². The lowest BCUT2D eigenvalue weighted by Crippen LogP contribution is -2.00. The number of hydrogen-bond acceptors (Lipinski definition) is 4. The lowest BCUT2D eigenvalue weighted by atomic mass is 10.2. The molecule has 2 aromatic carbocycles. The molecule has 0 heterocycles. The van der Waals surface area contributed by atoms with Gasteiger partial charge in [0.2, 0.25) is 0 Å². The van der Waals surface area contributed by atoms with Gasteiger partial charge >= 0.3 is 5.97 Å². The minimum absolute atomic E-state index is 0.0499. The number of carboxylic acid groups (broad SMARTS) is 1. The molecule has 0 aliphatic carbocycles. The summed E-state index contributed by atoms with van der Waals surface area (Å²) in [5.74, 6) is -0.410. The third kappa shape index (κ3) is 3.25. The number of halogens is 1. The van der Waals surface area contributed by atoms with Crippen LogP contribution in [-0.2, 0) is 0 Å². The Morgan fingerprint density at radius 2 is 2.00 bits per heavy atom. The minimum atomic E-state index is -1.15. The molecule has 0 fully saturated rings. The van der Waals surface area contributed by atoms with Gasteiger partial charge in [-0.05, 0) is 24.3 Å². The predicted octanol–water partition coefficient (Wildman–Crippen LogP) is 3.71. The van der Waals surface area contributed by atoms with E-state index in [0.717, 1.165) is 0 Å². The number of aromatic carboxylic acids is 1. The van der Waals surface area contributed by atoms with Crippen molar-refractivity contribution in [2.75, 3.05) is 7.11 Å². The van der Waals surface area contributed by atoms with Gasteiger partial charge in [0.05, 0.1) is 12.7 Å². The van der Waals surface area contributed by atoms with Gasteiger partial charge in [0.15, 0.2) is 0 Å². The number of rotatable bonds is 4. The number of carboxylic acids is 1. The molecular formula is C15H10ClNO4.